The number of carboxylic acid groups (broad SMARTS) is 2. The lowest BCUT2D eigenvalue weighted by molar-refractivity contribution is -0.183. The van der Waals surface area contributed by atoms with Gasteiger partial charge in [-0.2, -0.15) is 0 Å². The average molecular weight is 1150 g/mol. The van der Waals surface area contributed by atoms with Gasteiger partial charge in [0.2, 0.25) is 0 Å². The third kappa shape index (κ3) is 14.1. The van der Waals surface area contributed by atoms with E-state index in [0.29, 0.717) is 21.2 Å². The van der Waals surface area contributed by atoms with E-state index in [2.05, 4.69) is 0 Å². The fraction of sp³-hybridized carbons (Fsp3) is 0.462. The first-order valence-corrected chi connectivity index (χ1v) is 28.4. The molecule has 2 fully saturated rings. The molecule has 0 aromatic heterocycles. The smallest absolute Gasteiger partial charge is 0.306 e. The summed E-state index contributed by atoms with van der Waals surface area (Å²) in [5, 5.41) is 19.9. The van der Waals surface area contributed by atoms with E-state index in [1.807, 2.05) is 0 Å². The van der Waals surface area contributed by atoms with Crippen LogP contribution in [0.2, 0.25) is 20.1 Å². The predicted molar refractivity (Wildman–Crippen MR) is 280 cm³/mol. The molecule has 2 saturated heterocycles. The lowest BCUT2D eigenvalue weighted by atomic mass is 9.89. The molecule has 404 valence electrons. The predicted octanol–water partition coefficient (Wildman–Crippen LogP) is 11.2. The SMILES string of the molecule is CC[C@@H](CS(=O)(=O)C(C)(C)C)N1C(=O)[C@@H](CC(=O)O)O[C@H](c2cccc(Cl)c2)[C@H]1c1ccc(Cl)cc1F.CC[C@@H](CS(=O)(=O)C(C)(C)C)N1C(=O)[C@H](CC(=O)O)O[C@H](c2cccc(Cl)c2)[C@H]1c1ccc(Cl)cc1F. The Bertz CT molecular complexity index is 2760. The van der Waals surface area contributed by atoms with E-state index in [0.717, 1.165) is 12.1 Å². The van der Waals surface area contributed by atoms with Gasteiger partial charge in [0.1, 0.15) is 36.1 Å². The summed E-state index contributed by atoms with van der Waals surface area (Å²) < 4.78 is 93.5. The summed E-state index contributed by atoms with van der Waals surface area (Å²) in [5.41, 5.74) is 1.08. The Kier molecular flexibility index (Phi) is 19.8. The molecule has 2 aliphatic rings. The number of aliphatic carboxylic acids is 2. The Morgan fingerprint density at radius 2 is 0.905 bits per heavy atom. The molecule has 0 bridgehead atoms. The Hall–Kier alpha value is -4.40. The number of ether oxygens (including phenoxy) is 2. The van der Waals surface area contributed by atoms with Crippen LogP contribution < -0.4 is 0 Å². The first kappa shape index (κ1) is 60.5. The van der Waals surface area contributed by atoms with Crippen molar-refractivity contribution >= 4 is 89.8 Å². The van der Waals surface area contributed by atoms with Crippen molar-refractivity contribution in [2.75, 3.05) is 11.5 Å². The highest BCUT2D eigenvalue weighted by atomic mass is 35.5. The molecule has 2 amide bonds. The fourth-order valence-corrected chi connectivity index (χ4v) is 12.2. The van der Waals surface area contributed by atoms with Crippen LogP contribution in [0, 0.1) is 11.6 Å². The number of hydrogen-bond acceptors (Lipinski definition) is 10. The highest BCUT2D eigenvalue weighted by Crippen LogP contribution is 2.48. The molecule has 8 atom stereocenters. The molecular weight excluding hydrogens is 1090 g/mol. The molecule has 6 rings (SSSR count). The maximum atomic E-state index is 15.4. The van der Waals surface area contributed by atoms with E-state index < -0.39 is 137 Å². The van der Waals surface area contributed by atoms with E-state index in [9.17, 15) is 46.2 Å². The fourth-order valence-electron chi connectivity index (χ4n) is 8.71. The van der Waals surface area contributed by atoms with Crippen LogP contribution >= 0.6 is 46.4 Å². The number of carbonyl (C=O) groups is 4. The monoisotopic (exact) mass is 1150 g/mol. The highest BCUT2D eigenvalue weighted by Gasteiger charge is 2.51. The van der Waals surface area contributed by atoms with Gasteiger partial charge in [0.15, 0.2) is 19.7 Å². The maximum Gasteiger partial charge on any atom is 0.306 e. The van der Waals surface area contributed by atoms with Crippen LogP contribution in [0.5, 0.6) is 0 Å². The molecule has 0 spiro atoms. The van der Waals surface area contributed by atoms with Crippen molar-refractivity contribution in [3.8, 4) is 0 Å². The van der Waals surface area contributed by atoms with Crippen LogP contribution in [0.15, 0.2) is 84.9 Å². The summed E-state index contributed by atoms with van der Waals surface area (Å²) in [6.07, 6.45) is -5.77. The zero-order chi connectivity index (χ0) is 55.4. The van der Waals surface area contributed by atoms with Crippen LogP contribution in [0.1, 0.15) is 128 Å². The van der Waals surface area contributed by atoms with Crippen molar-refractivity contribution in [1.29, 1.82) is 0 Å². The third-order valence-corrected chi connectivity index (χ3v) is 19.2. The molecule has 4 aromatic rings. The van der Waals surface area contributed by atoms with Crippen molar-refractivity contribution in [1.82, 2.24) is 9.80 Å². The number of amides is 2. The number of rotatable bonds is 16. The van der Waals surface area contributed by atoms with E-state index >= 15 is 8.78 Å². The second-order valence-corrected chi connectivity index (χ2v) is 27.3. The Morgan fingerprint density at radius 3 is 1.18 bits per heavy atom. The lowest BCUT2D eigenvalue weighted by Crippen LogP contribution is -2.57. The summed E-state index contributed by atoms with van der Waals surface area (Å²) in [6.45, 7) is 12.8. The number of morpholine rings is 2. The number of sulfone groups is 2. The summed E-state index contributed by atoms with van der Waals surface area (Å²) in [5.74, 6) is -6.21. The van der Waals surface area contributed by atoms with Gasteiger partial charge < -0.3 is 29.5 Å². The second-order valence-electron chi connectivity index (χ2n) is 20.0. The zero-order valence-electron chi connectivity index (χ0n) is 41.9. The van der Waals surface area contributed by atoms with Gasteiger partial charge in [-0.15, -0.1) is 0 Å². The molecule has 2 heterocycles. The summed E-state index contributed by atoms with van der Waals surface area (Å²) in [4.78, 5) is 53.4. The van der Waals surface area contributed by atoms with Gasteiger partial charge in [-0.3, -0.25) is 19.2 Å². The minimum Gasteiger partial charge on any atom is -0.481 e. The standard InChI is InChI=1S/2C26H30Cl2FNO6S/c2*1-5-18(14-37(34,35)26(2,3)4)30-23(19-10-9-17(28)12-20(19)29)24(15-7-6-8-16(27)11-15)36-21(25(30)33)13-22(31)32/h2*6-12,18,21,23-24H,5,13-14H2,1-4H3,(H,31,32)/t18-,21+,23+,24+;18-,21-,23+,24+/m00/s1. The van der Waals surface area contributed by atoms with Crippen LogP contribution in [0.4, 0.5) is 8.78 Å². The first-order chi connectivity index (χ1) is 34.3. The van der Waals surface area contributed by atoms with Gasteiger partial charge in [-0.1, -0.05) is 96.6 Å². The lowest BCUT2D eigenvalue weighted by Gasteiger charge is -2.48. The van der Waals surface area contributed by atoms with E-state index in [1.165, 1.54) is 34.1 Å². The molecule has 14 nitrogen and oxygen atoms in total. The Balaban J connectivity index is 0.000000274. The van der Waals surface area contributed by atoms with Crippen LogP contribution in [0.25, 0.3) is 0 Å². The molecule has 22 heteroatoms. The quantitative estimate of drug-likeness (QED) is 0.108. The van der Waals surface area contributed by atoms with Crippen LogP contribution in [-0.4, -0.2) is 106 Å². The molecule has 74 heavy (non-hydrogen) atoms. The zero-order valence-corrected chi connectivity index (χ0v) is 46.6. The largest absolute Gasteiger partial charge is 0.481 e. The highest BCUT2D eigenvalue weighted by molar-refractivity contribution is 7.93. The molecule has 0 radical (unpaired) electrons. The molecule has 2 N–H and O–H groups in total. The van der Waals surface area contributed by atoms with Crippen LogP contribution in [0.3, 0.4) is 0 Å². The number of nitrogens with zero attached hydrogens (tertiary/aromatic N) is 2. The minimum atomic E-state index is -3.72. The van der Waals surface area contributed by atoms with Gasteiger partial charge in [-0.05, 0) is 114 Å². The van der Waals surface area contributed by atoms with Gasteiger partial charge in [0.25, 0.3) is 11.8 Å². The normalized spacial score (nSPS) is 21.6. The van der Waals surface area contributed by atoms with E-state index in [1.54, 1.807) is 104 Å². The Labute approximate surface area is 451 Å². The van der Waals surface area contributed by atoms with Gasteiger partial charge in [-0.25, -0.2) is 25.6 Å². The van der Waals surface area contributed by atoms with Crippen molar-refractivity contribution in [2.24, 2.45) is 0 Å². The molecule has 0 aliphatic carbocycles. The molecular formula is C52H60Cl4F2N2O12S2. The van der Waals surface area contributed by atoms with Gasteiger partial charge >= 0.3 is 11.9 Å². The van der Waals surface area contributed by atoms with Crippen molar-refractivity contribution in [2.45, 2.75) is 139 Å². The van der Waals surface area contributed by atoms with Crippen molar-refractivity contribution in [3.05, 3.63) is 139 Å². The summed E-state index contributed by atoms with van der Waals surface area (Å²) in [7, 11) is -7.44. The maximum absolute atomic E-state index is 15.4. The van der Waals surface area contributed by atoms with Gasteiger partial charge in [0.05, 0.1) is 45.9 Å². The summed E-state index contributed by atoms with van der Waals surface area (Å²) >= 11 is 24.4. The van der Waals surface area contributed by atoms with E-state index in [-0.39, 0.29) is 34.0 Å². The number of benzene rings is 4. The van der Waals surface area contributed by atoms with Crippen molar-refractivity contribution in [3.63, 3.8) is 0 Å². The van der Waals surface area contributed by atoms with Crippen molar-refractivity contribution < 1.29 is 64.5 Å². The van der Waals surface area contributed by atoms with Crippen LogP contribution in [-0.2, 0) is 48.3 Å². The first-order valence-electron chi connectivity index (χ1n) is 23.6. The van der Waals surface area contributed by atoms with Gasteiger partial charge in [0, 0.05) is 43.3 Å². The molecule has 2 aliphatic heterocycles. The molecule has 0 saturated carbocycles. The number of carbonyl (C=O) groups excluding carboxylic acids is 2. The second kappa shape index (κ2) is 24.3. The number of hydrogen-bond donors (Lipinski definition) is 2. The average Bonchev–Trinajstić information content (AvgIpc) is 3.28. The Morgan fingerprint density at radius 1 is 0.581 bits per heavy atom. The topological polar surface area (TPSA) is 202 Å². The third-order valence-electron chi connectivity index (χ3n) is 12.9. The number of halogens is 6. The minimum absolute atomic E-state index is 0.0584. The molecule has 0 unspecified atom stereocenters. The summed E-state index contributed by atoms with van der Waals surface area (Å²) in [6, 6.07) is 17.1. The number of carboxylic acids is 2. The molecule has 4 aromatic carbocycles. The van der Waals surface area contributed by atoms with E-state index in [4.69, 9.17) is 55.9 Å².